The van der Waals surface area contributed by atoms with Crippen LogP contribution in [0.15, 0.2) is 0 Å². The molecule has 0 aromatic rings. The Hall–Kier alpha value is -0.0800. The van der Waals surface area contributed by atoms with E-state index >= 15 is 0 Å². The molecular weight excluding hydrogens is 136 g/mol. The van der Waals surface area contributed by atoms with Crippen LogP contribution in [-0.4, -0.2) is 50.0 Å². The number of rotatable bonds is 4. The van der Waals surface area contributed by atoms with Crippen LogP contribution in [0.1, 0.15) is 23.6 Å². The second-order valence-electron chi connectivity index (χ2n) is 3.99. The first-order valence-corrected chi connectivity index (χ1v) is 4.61. The molecule has 2 heteroatoms. The predicted octanol–water partition coefficient (Wildman–Crippen LogP) is 1.84. The zero-order valence-electron chi connectivity index (χ0n) is 10.0. The average Bonchev–Trinajstić information content (AvgIpc) is 1.90. The zero-order valence-corrected chi connectivity index (χ0v) is 9.02. The SMILES string of the molecule is CC[N+](CC)(CC)[N+](C)(C)C.[H+].[HH]. The van der Waals surface area contributed by atoms with Gasteiger partial charge >= 0.3 is 1.43 Å². The van der Waals surface area contributed by atoms with Crippen molar-refractivity contribution in [3.8, 4) is 0 Å². The molecule has 11 heavy (non-hydrogen) atoms. The van der Waals surface area contributed by atoms with E-state index < -0.39 is 0 Å². The van der Waals surface area contributed by atoms with E-state index in [2.05, 4.69) is 41.9 Å². The van der Waals surface area contributed by atoms with Crippen molar-refractivity contribution in [1.29, 1.82) is 0 Å². The summed E-state index contributed by atoms with van der Waals surface area (Å²) in [7, 11) is 6.82. The van der Waals surface area contributed by atoms with Crippen molar-refractivity contribution < 1.29 is 12.0 Å². The lowest BCUT2D eigenvalue weighted by Gasteiger charge is -2.45. The highest BCUT2D eigenvalue weighted by Crippen LogP contribution is 2.14. The fourth-order valence-electron chi connectivity index (χ4n) is 1.94. The number of hydrogen-bond acceptors (Lipinski definition) is 0. The van der Waals surface area contributed by atoms with Gasteiger partial charge in [0.25, 0.3) is 0 Å². The summed E-state index contributed by atoms with van der Waals surface area (Å²) in [4.78, 5) is 0. The molecule has 0 heterocycles. The highest BCUT2D eigenvalue weighted by molar-refractivity contribution is 4.22. The Morgan fingerprint density at radius 2 is 1.18 bits per heavy atom. The molecule has 2 nitrogen and oxygen atoms in total. The minimum atomic E-state index is 0. The van der Waals surface area contributed by atoms with Gasteiger partial charge in [-0.3, -0.25) is 0 Å². The average molecular weight is 163 g/mol. The van der Waals surface area contributed by atoms with Gasteiger partial charge in [0.05, 0.1) is 0 Å². The quantitative estimate of drug-likeness (QED) is 0.438. The van der Waals surface area contributed by atoms with E-state index in [1.807, 2.05) is 0 Å². The van der Waals surface area contributed by atoms with Gasteiger partial charge in [0, 0.05) is 1.43 Å². The molecule has 0 aliphatic carbocycles. The molecule has 0 saturated heterocycles. The largest absolute Gasteiger partial charge is 1.00 e. The lowest BCUT2D eigenvalue weighted by molar-refractivity contribution is -1.47. The Morgan fingerprint density at radius 1 is 0.909 bits per heavy atom. The molecule has 0 saturated carbocycles. The predicted molar refractivity (Wildman–Crippen MR) is 53.1 cm³/mol. The van der Waals surface area contributed by atoms with Gasteiger partial charge in [-0.25, -0.2) is 0 Å². The van der Waals surface area contributed by atoms with Crippen LogP contribution in [0.3, 0.4) is 0 Å². The van der Waals surface area contributed by atoms with Gasteiger partial charge in [0.15, 0.2) is 0 Å². The van der Waals surface area contributed by atoms with E-state index in [-0.39, 0.29) is 2.85 Å². The molecule has 0 aromatic carbocycles. The summed E-state index contributed by atoms with van der Waals surface area (Å²) in [6.45, 7) is 10.5. The van der Waals surface area contributed by atoms with Crippen LogP contribution in [-0.2, 0) is 0 Å². The molecular formula is C9H27N2+3. The van der Waals surface area contributed by atoms with Crippen molar-refractivity contribution in [1.82, 2.24) is 0 Å². The van der Waals surface area contributed by atoms with E-state index in [1.165, 1.54) is 24.2 Å². The molecule has 70 valence electrons. The third-order valence-corrected chi connectivity index (χ3v) is 3.04. The van der Waals surface area contributed by atoms with E-state index in [0.717, 1.165) is 4.59 Å². The van der Waals surface area contributed by atoms with E-state index in [1.54, 1.807) is 0 Å². The number of nitrogens with zero attached hydrogens (tertiary/aromatic N) is 2. The van der Waals surface area contributed by atoms with Gasteiger partial charge in [-0.05, 0) is 20.8 Å². The first-order chi connectivity index (χ1) is 4.93. The lowest BCUT2D eigenvalue weighted by Crippen LogP contribution is -2.66. The normalized spacial score (nSPS) is 13.6. The van der Waals surface area contributed by atoms with Crippen molar-refractivity contribution in [3.63, 3.8) is 0 Å². The number of hydrogen-bond donors (Lipinski definition) is 0. The van der Waals surface area contributed by atoms with Crippen LogP contribution >= 0.6 is 0 Å². The topological polar surface area (TPSA) is 0 Å². The monoisotopic (exact) mass is 163 g/mol. The standard InChI is InChI=1S/C9H24N2.H2/c1-7-11(8-2,9-3)10(4,5)6;/h7-9H2,1-6H3;1H/q+2;/p+1. The van der Waals surface area contributed by atoms with Gasteiger partial charge in [0.2, 0.25) is 0 Å². The van der Waals surface area contributed by atoms with E-state index in [0.29, 0.717) is 0 Å². The maximum Gasteiger partial charge on any atom is 1.00 e. The lowest BCUT2D eigenvalue weighted by atomic mass is 10.4. The maximum absolute atomic E-state index is 2.27. The summed E-state index contributed by atoms with van der Waals surface area (Å²) in [6.07, 6.45) is 0. The van der Waals surface area contributed by atoms with Gasteiger partial charge in [-0.1, -0.05) is 0 Å². The molecule has 0 aliphatic heterocycles. The molecule has 0 N–H and O–H groups in total. The summed E-state index contributed by atoms with van der Waals surface area (Å²) < 4.78 is 2.20. The Kier molecular flexibility index (Phi) is 3.52. The number of quaternary nitrogens is 2. The Labute approximate surface area is 74.5 Å². The molecule has 0 rings (SSSR count). The molecule has 0 spiro atoms. The Balaban J connectivity index is -0.000000500. The van der Waals surface area contributed by atoms with Crippen LogP contribution < -0.4 is 0 Å². The molecule has 0 radical (unpaired) electrons. The van der Waals surface area contributed by atoms with Gasteiger partial charge < -0.3 is 0 Å². The minimum Gasteiger partial charge on any atom is -0.177 e. The third kappa shape index (κ3) is 1.94. The van der Waals surface area contributed by atoms with Gasteiger partial charge in [0.1, 0.15) is 40.8 Å². The van der Waals surface area contributed by atoms with Crippen molar-refractivity contribution in [2.45, 2.75) is 20.8 Å². The molecule has 0 aromatic heterocycles. The van der Waals surface area contributed by atoms with Crippen molar-refractivity contribution in [2.75, 3.05) is 40.8 Å². The minimum absolute atomic E-state index is 0. The van der Waals surface area contributed by atoms with Crippen molar-refractivity contribution in [3.05, 3.63) is 0 Å². The van der Waals surface area contributed by atoms with E-state index in [9.17, 15) is 0 Å². The second kappa shape index (κ2) is 3.55. The van der Waals surface area contributed by atoms with Crippen LogP contribution in [0.4, 0.5) is 0 Å². The molecule has 0 fully saturated rings. The van der Waals surface area contributed by atoms with Crippen molar-refractivity contribution in [2.24, 2.45) is 0 Å². The van der Waals surface area contributed by atoms with Crippen LogP contribution in [0.5, 0.6) is 0 Å². The first kappa shape index (κ1) is 10.9. The van der Waals surface area contributed by atoms with Gasteiger partial charge in [-0.15, -0.1) is 0 Å². The first-order valence-electron chi connectivity index (χ1n) is 4.61. The highest BCUT2D eigenvalue weighted by Gasteiger charge is 2.35. The third-order valence-electron chi connectivity index (χ3n) is 3.04. The van der Waals surface area contributed by atoms with Gasteiger partial charge in [-0.2, -0.15) is 9.18 Å². The fourth-order valence-corrected chi connectivity index (χ4v) is 1.94. The zero-order chi connectivity index (χ0) is 9.12. The second-order valence-corrected chi connectivity index (χ2v) is 3.99. The Bertz CT molecular complexity index is 109. The Morgan fingerprint density at radius 3 is 1.18 bits per heavy atom. The summed E-state index contributed by atoms with van der Waals surface area (Å²) >= 11 is 0. The summed E-state index contributed by atoms with van der Waals surface area (Å²) in [5.74, 6) is 0. The smallest absolute Gasteiger partial charge is 0.177 e. The molecule has 0 amide bonds. The van der Waals surface area contributed by atoms with Crippen LogP contribution in [0.2, 0.25) is 0 Å². The summed E-state index contributed by atoms with van der Waals surface area (Å²) in [6, 6.07) is 0. The summed E-state index contributed by atoms with van der Waals surface area (Å²) in [5, 5.41) is 0. The molecule has 0 atom stereocenters. The van der Waals surface area contributed by atoms with Crippen LogP contribution in [0.25, 0.3) is 0 Å². The van der Waals surface area contributed by atoms with E-state index in [4.69, 9.17) is 0 Å². The molecule has 0 bridgehead atoms. The molecule has 0 unspecified atom stereocenters. The highest BCUT2D eigenvalue weighted by atomic mass is 15.8. The van der Waals surface area contributed by atoms with Crippen molar-refractivity contribution >= 4 is 0 Å². The summed E-state index contributed by atoms with van der Waals surface area (Å²) in [5.41, 5.74) is 0. The fraction of sp³-hybridized carbons (Fsp3) is 1.00. The van der Waals surface area contributed by atoms with Crippen LogP contribution in [0, 0.1) is 0 Å². The molecule has 0 aliphatic rings. The maximum atomic E-state index is 2.27.